The maximum atomic E-state index is 10.6. The molecular formula is C32H46B3BrO8. The molecule has 5 rings (SSSR count). The first kappa shape index (κ1) is 36.7. The third-order valence-electron chi connectivity index (χ3n) is 9.37. The Labute approximate surface area is 272 Å². The van der Waals surface area contributed by atoms with Crippen LogP contribution in [0.25, 0.3) is 0 Å². The van der Waals surface area contributed by atoms with Gasteiger partial charge in [-0.15, -0.1) is 0 Å². The number of hydrogen-bond acceptors (Lipinski definition) is 8. The van der Waals surface area contributed by atoms with Gasteiger partial charge in [-0.3, -0.25) is 9.59 Å². The molecular weight excluding hydrogens is 625 g/mol. The van der Waals surface area contributed by atoms with Gasteiger partial charge in [0.2, 0.25) is 0 Å². The van der Waals surface area contributed by atoms with Crippen molar-refractivity contribution in [2.45, 2.75) is 117 Å². The number of aldehydes is 2. The molecule has 0 amide bonds. The molecule has 12 heteroatoms. The van der Waals surface area contributed by atoms with Gasteiger partial charge in [0, 0.05) is 15.6 Å². The minimum absolute atomic E-state index is 0.332. The highest BCUT2D eigenvalue weighted by Gasteiger charge is 2.63. The first-order valence-corrected chi connectivity index (χ1v) is 15.7. The van der Waals surface area contributed by atoms with Crippen molar-refractivity contribution in [3.8, 4) is 0 Å². The fraction of sp³-hybridized carbons (Fsp3) is 0.562. The van der Waals surface area contributed by atoms with Crippen LogP contribution in [0.5, 0.6) is 0 Å². The van der Waals surface area contributed by atoms with E-state index in [4.69, 9.17) is 27.9 Å². The first-order valence-electron chi connectivity index (χ1n) is 14.9. The highest BCUT2D eigenvalue weighted by atomic mass is 79.9. The van der Waals surface area contributed by atoms with Crippen molar-refractivity contribution in [1.82, 2.24) is 0 Å². The average molecular weight is 671 g/mol. The average Bonchev–Trinajstić information content (AvgIpc) is 3.39. The topological polar surface area (TPSA) is 89.5 Å². The van der Waals surface area contributed by atoms with Gasteiger partial charge in [0.05, 0.1) is 33.6 Å². The monoisotopic (exact) mass is 670 g/mol. The second-order valence-corrected chi connectivity index (χ2v) is 15.2. The van der Waals surface area contributed by atoms with Crippen LogP contribution in [0.1, 0.15) is 104 Å². The number of hydrogen-bond donors (Lipinski definition) is 0. The van der Waals surface area contributed by atoms with E-state index in [-0.39, 0.29) is 40.7 Å². The van der Waals surface area contributed by atoms with E-state index < -0.39 is 14.0 Å². The van der Waals surface area contributed by atoms with Gasteiger partial charge >= 0.3 is 21.1 Å². The van der Waals surface area contributed by atoms with Crippen LogP contribution >= 0.6 is 15.9 Å². The van der Waals surface area contributed by atoms with Gasteiger partial charge < -0.3 is 27.9 Å². The standard InChI is InChI=1S/C13H17BO3.C12H24B2O4.C7H5BrO/c1-12(2)13(3,4)17-14(16-12)11-7-5-10(9-15)6-8-11;1-9(2)10(3,4)16-13(15-9)14-17-11(5,6)12(7,8)18-14;8-7-3-1-6(5-9)2-4-7/h5-9H,1-4H3;1-8H3;1-5H. The minimum Gasteiger partial charge on any atom is -0.405 e. The second kappa shape index (κ2) is 13.1. The highest BCUT2D eigenvalue weighted by Crippen LogP contribution is 2.43. The van der Waals surface area contributed by atoms with E-state index in [1.807, 2.05) is 107 Å². The van der Waals surface area contributed by atoms with Crippen molar-refractivity contribution in [3.05, 3.63) is 64.1 Å². The van der Waals surface area contributed by atoms with E-state index in [2.05, 4.69) is 15.9 Å². The molecule has 3 heterocycles. The first-order chi connectivity index (χ1) is 20.1. The Bertz CT molecular complexity index is 1210. The fourth-order valence-electron chi connectivity index (χ4n) is 4.25. The van der Waals surface area contributed by atoms with Gasteiger partial charge in [-0.1, -0.05) is 52.3 Å². The third-order valence-corrected chi connectivity index (χ3v) is 9.90. The summed E-state index contributed by atoms with van der Waals surface area (Å²) in [5, 5.41) is 0. The van der Waals surface area contributed by atoms with Crippen molar-refractivity contribution < 1.29 is 37.5 Å². The van der Waals surface area contributed by atoms with Crippen LogP contribution in [-0.4, -0.2) is 67.3 Å². The summed E-state index contributed by atoms with van der Waals surface area (Å²) in [4.78, 5) is 20.7. The van der Waals surface area contributed by atoms with Crippen LogP contribution in [0.15, 0.2) is 53.0 Å². The van der Waals surface area contributed by atoms with Crippen molar-refractivity contribution in [1.29, 1.82) is 0 Å². The summed E-state index contributed by atoms with van der Waals surface area (Å²) in [6, 6.07) is 14.5. The summed E-state index contributed by atoms with van der Waals surface area (Å²) in [5.41, 5.74) is 0.199. The minimum atomic E-state index is -0.476. The van der Waals surface area contributed by atoms with E-state index in [1.165, 1.54) is 0 Å². The quantitative estimate of drug-likeness (QED) is 0.276. The lowest BCUT2D eigenvalue weighted by molar-refractivity contribution is 0.00578. The molecule has 0 unspecified atom stereocenters. The van der Waals surface area contributed by atoms with Crippen LogP contribution < -0.4 is 5.46 Å². The smallest absolute Gasteiger partial charge is 0.405 e. The zero-order valence-corrected chi connectivity index (χ0v) is 29.7. The molecule has 44 heavy (non-hydrogen) atoms. The molecule has 0 aromatic heterocycles. The van der Waals surface area contributed by atoms with Crippen LogP contribution in [0.2, 0.25) is 0 Å². The predicted molar refractivity (Wildman–Crippen MR) is 179 cm³/mol. The Morgan fingerprint density at radius 3 is 1.05 bits per heavy atom. The molecule has 0 bridgehead atoms. The summed E-state index contributed by atoms with van der Waals surface area (Å²) in [6.45, 7) is 24.3. The Balaban J connectivity index is 0.000000190. The van der Waals surface area contributed by atoms with Crippen LogP contribution in [0.4, 0.5) is 0 Å². The lowest BCUT2D eigenvalue weighted by Gasteiger charge is -2.32. The van der Waals surface area contributed by atoms with Crippen LogP contribution in [-0.2, 0) is 27.9 Å². The molecule has 0 N–H and O–H groups in total. The number of halogens is 1. The van der Waals surface area contributed by atoms with Crippen molar-refractivity contribution in [2.24, 2.45) is 0 Å². The van der Waals surface area contributed by atoms with E-state index >= 15 is 0 Å². The van der Waals surface area contributed by atoms with Gasteiger partial charge in [-0.25, -0.2) is 0 Å². The summed E-state index contributed by atoms with van der Waals surface area (Å²) < 4.78 is 36.7. The molecule has 0 saturated carbocycles. The molecule has 238 valence electrons. The number of rotatable bonds is 4. The number of benzene rings is 2. The molecule has 3 aliphatic rings. The molecule has 2 aromatic carbocycles. The molecule has 0 aliphatic carbocycles. The summed E-state index contributed by atoms with van der Waals surface area (Å²) in [7, 11) is -1.31. The zero-order chi connectivity index (χ0) is 33.4. The van der Waals surface area contributed by atoms with Crippen molar-refractivity contribution in [3.63, 3.8) is 0 Å². The maximum absolute atomic E-state index is 10.6. The SMILES string of the molecule is CC1(C)OB(B2OC(C)(C)C(C)(C)O2)OC1(C)C.CC1(C)OB(c2ccc(C=O)cc2)OC1(C)C.O=Cc1ccc(Br)cc1. The van der Waals surface area contributed by atoms with Crippen molar-refractivity contribution in [2.75, 3.05) is 0 Å². The van der Waals surface area contributed by atoms with E-state index in [9.17, 15) is 9.59 Å². The molecule has 0 atom stereocenters. The fourth-order valence-corrected chi connectivity index (χ4v) is 4.52. The molecule has 2 aromatic rings. The molecule has 3 fully saturated rings. The largest absolute Gasteiger partial charge is 0.494 e. The summed E-state index contributed by atoms with van der Waals surface area (Å²) >= 11 is 3.26. The van der Waals surface area contributed by atoms with Crippen molar-refractivity contribution >= 4 is 55.1 Å². The summed E-state index contributed by atoms with van der Waals surface area (Å²) in [5.74, 6) is 0. The Morgan fingerprint density at radius 2 is 0.750 bits per heavy atom. The zero-order valence-electron chi connectivity index (χ0n) is 28.1. The van der Waals surface area contributed by atoms with Gasteiger partial charge in [0.1, 0.15) is 12.6 Å². The van der Waals surface area contributed by atoms with E-state index in [0.717, 1.165) is 22.5 Å². The lowest BCUT2D eigenvalue weighted by atomic mass is 9.49. The lowest BCUT2D eigenvalue weighted by Crippen LogP contribution is -2.41. The Hall–Kier alpha value is -1.79. The molecule has 0 spiro atoms. The van der Waals surface area contributed by atoms with Crippen LogP contribution in [0, 0.1) is 0 Å². The molecule has 0 radical (unpaired) electrons. The highest BCUT2D eigenvalue weighted by molar-refractivity contribution is 9.10. The Kier molecular flexibility index (Phi) is 11.0. The predicted octanol–water partition coefficient (Wildman–Crippen LogP) is 6.31. The van der Waals surface area contributed by atoms with Gasteiger partial charge in [-0.05, 0) is 101 Å². The normalized spacial score (nSPS) is 23.2. The van der Waals surface area contributed by atoms with Crippen LogP contribution in [0.3, 0.4) is 0 Å². The van der Waals surface area contributed by atoms with E-state index in [0.29, 0.717) is 11.1 Å². The number of carbonyl (C=O) groups is 2. The Morgan fingerprint density at radius 1 is 0.477 bits per heavy atom. The number of carbonyl (C=O) groups excluding carboxylic acids is 2. The molecule has 3 saturated heterocycles. The second-order valence-electron chi connectivity index (χ2n) is 14.3. The maximum Gasteiger partial charge on any atom is 0.494 e. The van der Waals surface area contributed by atoms with Gasteiger partial charge in [-0.2, -0.15) is 0 Å². The molecule has 8 nitrogen and oxygen atoms in total. The van der Waals surface area contributed by atoms with Gasteiger partial charge in [0.15, 0.2) is 0 Å². The van der Waals surface area contributed by atoms with E-state index in [1.54, 1.807) is 24.3 Å². The molecule has 3 aliphatic heterocycles. The van der Waals surface area contributed by atoms with Gasteiger partial charge in [0.25, 0.3) is 0 Å². The summed E-state index contributed by atoms with van der Waals surface area (Å²) in [6.07, 6.45) is 1.65. The third kappa shape index (κ3) is 8.13.